The second kappa shape index (κ2) is 10.4. The second-order valence-electron chi connectivity index (χ2n) is 6.61. The van der Waals surface area contributed by atoms with Crippen LogP contribution in [0.4, 0.5) is 0 Å². The number of nitrogens with zero attached hydrogens (tertiary/aromatic N) is 2. The summed E-state index contributed by atoms with van der Waals surface area (Å²) < 4.78 is 11.2. The van der Waals surface area contributed by atoms with Crippen LogP contribution in [0.5, 0.6) is 0 Å². The normalized spacial score (nSPS) is 10.8. The first kappa shape index (κ1) is 19.8. The zero-order chi connectivity index (χ0) is 19.6. The molecule has 1 heterocycles. The van der Waals surface area contributed by atoms with Gasteiger partial charge in [0.05, 0.1) is 6.61 Å². The number of ether oxygens (including phenoxy) is 1. The zero-order valence-electron chi connectivity index (χ0n) is 16.1. The molecular weight excluding hydrogens is 354 g/mol. The quantitative estimate of drug-likeness (QED) is 0.544. The smallest absolute Gasteiger partial charge is 0.247 e. The third-order valence-electron chi connectivity index (χ3n) is 4.23. The summed E-state index contributed by atoms with van der Waals surface area (Å²) in [6.07, 6.45) is 1.52. The number of rotatable bonds is 10. The molecule has 1 amide bonds. The molecule has 0 atom stereocenters. The minimum Gasteiger partial charge on any atom is -0.421 e. The minimum absolute atomic E-state index is 0.0295. The summed E-state index contributed by atoms with van der Waals surface area (Å²) in [5.41, 5.74) is 3.20. The lowest BCUT2D eigenvalue weighted by atomic mass is 10.1. The maximum absolute atomic E-state index is 11.9. The van der Waals surface area contributed by atoms with Gasteiger partial charge in [0.2, 0.25) is 17.7 Å². The average Bonchev–Trinajstić information content (AvgIpc) is 3.19. The van der Waals surface area contributed by atoms with Gasteiger partial charge in [-0.1, -0.05) is 48.0 Å². The molecule has 146 valence electrons. The van der Waals surface area contributed by atoms with Gasteiger partial charge in [0.1, 0.15) is 0 Å². The van der Waals surface area contributed by atoms with E-state index in [2.05, 4.69) is 15.5 Å². The lowest BCUT2D eigenvalue weighted by Gasteiger charge is -2.06. The molecule has 6 nitrogen and oxygen atoms in total. The minimum atomic E-state index is -0.0295. The van der Waals surface area contributed by atoms with Crippen LogP contribution in [-0.4, -0.2) is 29.3 Å². The van der Waals surface area contributed by atoms with Crippen LogP contribution in [0.1, 0.15) is 29.9 Å². The summed E-state index contributed by atoms with van der Waals surface area (Å²) in [5, 5.41) is 11.0. The molecule has 0 radical (unpaired) electrons. The van der Waals surface area contributed by atoms with Crippen LogP contribution in [0.15, 0.2) is 59.0 Å². The highest BCUT2D eigenvalue weighted by Gasteiger charge is 2.10. The molecule has 0 fully saturated rings. The van der Waals surface area contributed by atoms with Crippen molar-refractivity contribution in [2.75, 3.05) is 13.2 Å². The van der Waals surface area contributed by atoms with Gasteiger partial charge in [0, 0.05) is 31.6 Å². The molecule has 1 N–H and O–H groups in total. The van der Waals surface area contributed by atoms with Gasteiger partial charge in [-0.3, -0.25) is 4.79 Å². The SMILES string of the molecule is Cc1ccc(-c2nnc(CCC(=O)NCCCOCc3ccccc3)o2)cc1. The Labute approximate surface area is 164 Å². The summed E-state index contributed by atoms with van der Waals surface area (Å²) in [6, 6.07) is 17.9. The van der Waals surface area contributed by atoms with Gasteiger partial charge >= 0.3 is 0 Å². The number of hydrogen-bond donors (Lipinski definition) is 1. The van der Waals surface area contributed by atoms with E-state index < -0.39 is 0 Å². The van der Waals surface area contributed by atoms with Crippen molar-refractivity contribution in [3.8, 4) is 11.5 Å². The second-order valence-corrected chi connectivity index (χ2v) is 6.61. The summed E-state index contributed by atoms with van der Waals surface area (Å²) >= 11 is 0. The number of aryl methyl sites for hydroxylation is 2. The molecule has 3 aromatic rings. The van der Waals surface area contributed by atoms with Crippen molar-refractivity contribution in [2.45, 2.75) is 32.8 Å². The lowest BCUT2D eigenvalue weighted by Crippen LogP contribution is -2.25. The Morgan fingerprint density at radius 3 is 2.64 bits per heavy atom. The van der Waals surface area contributed by atoms with Gasteiger partial charge in [-0.05, 0) is 31.0 Å². The molecule has 1 aromatic heterocycles. The van der Waals surface area contributed by atoms with Crippen molar-refractivity contribution in [2.24, 2.45) is 0 Å². The van der Waals surface area contributed by atoms with E-state index in [1.807, 2.05) is 61.5 Å². The largest absolute Gasteiger partial charge is 0.421 e. The molecule has 0 aliphatic carbocycles. The van der Waals surface area contributed by atoms with Gasteiger partial charge in [-0.15, -0.1) is 10.2 Å². The first-order valence-electron chi connectivity index (χ1n) is 9.48. The zero-order valence-corrected chi connectivity index (χ0v) is 16.1. The van der Waals surface area contributed by atoms with E-state index >= 15 is 0 Å². The van der Waals surface area contributed by atoms with Gasteiger partial charge in [-0.25, -0.2) is 0 Å². The predicted octanol–water partition coefficient (Wildman–Crippen LogP) is 3.70. The van der Waals surface area contributed by atoms with Crippen LogP contribution in [0.3, 0.4) is 0 Å². The monoisotopic (exact) mass is 379 g/mol. The van der Waals surface area contributed by atoms with E-state index in [4.69, 9.17) is 9.15 Å². The molecule has 2 aromatic carbocycles. The van der Waals surface area contributed by atoms with Crippen molar-refractivity contribution in [3.63, 3.8) is 0 Å². The van der Waals surface area contributed by atoms with Crippen LogP contribution in [-0.2, 0) is 22.6 Å². The Balaban J connectivity index is 1.30. The number of amides is 1. The molecule has 6 heteroatoms. The fourth-order valence-corrected chi connectivity index (χ4v) is 2.64. The Bertz CT molecular complexity index is 860. The van der Waals surface area contributed by atoms with E-state index in [9.17, 15) is 4.79 Å². The maximum Gasteiger partial charge on any atom is 0.247 e. The number of hydrogen-bond acceptors (Lipinski definition) is 5. The Kier molecular flexibility index (Phi) is 7.32. The summed E-state index contributed by atoms with van der Waals surface area (Å²) in [7, 11) is 0. The Morgan fingerprint density at radius 2 is 1.86 bits per heavy atom. The van der Waals surface area contributed by atoms with E-state index in [0.717, 1.165) is 17.5 Å². The van der Waals surface area contributed by atoms with Crippen molar-refractivity contribution in [1.82, 2.24) is 15.5 Å². The van der Waals surface area contributed by atoms with Crippen molar-refractivity contribution >= 4 is 5.91 Å². The molecule has 28 heavy (non-hydrogen) atoms. The van der Waals surface area contributed by atoms with E-state index in [0.29, 0.717) is 44.4 Å². The van der Waals surface area contributed by atoms with E-state index in [-0.39, 0.29) is 5.91 Å². The lowest BCUT2D eigenvalue weighted by molar-refractivity contribution is -0.121. The van der Waals surface area contributed by atoms with Crippen molar-refractivity contribution in [3.05, 3.63) is 71.6 Å². The Morgan fingerprint density at radius 1 is 1.07 bits per heavy atom. The molecule has 0 aliphatic heterocycles. The molecule has 0 saturated heterocycles. The van der Waals surface area contributed by atoms with Crippen LogP contribution in [0.25, 0.3) is 11.5 Å². The number of carbonyl (C=O) groups is 1. The van der Waals surface area contributed by atoms with Crippen LogP contribution < -0.4 is 5.32 Å². The topological polar surface area (TPSA) is 77.2 Å². The highest BCUT2D eigenvalue weighted by Crippen LogP contribution is 2.18. The first-order chi connectivity index (χ1) is 13.7. The van der Waals surface area contributed by atoms with Gasteiger partial charge in [0.25, 0.3) is 0 Å². The third-order valence-corrected chi connectivity index (χ3v) is 4.23. The van der Waals surface area contributed by atoms with Crippen LogP contribution in [0, 0.1) is 6.92 Å². The maximum atomic E-state index is 11.9. The molecule has 0 saturated carbocycles. The fraction of sp³-hybridized carbons (Fsp3) is 0.318. The van der Waals surface area contributed by atoms with E-state index in [1.54, 1.807) is 0 Å². The highest BCUT2D eigenvalue weighted by molar-refractivity contribution is 5.75. The molecule has 0 spiro atoms. The van der Waals surface area contributed by atoms with Crippen LogP contribution in [0.2, 0.25) is 0 Å². The number of benzene rings is 2. The third kappa shape index (κ3) is 6.32. The first-order valence-corrected chi connectivity index (χ1v) is 9.48. The number of carbonyl (C=O) groups excluding carboxylic acids is 1. The van der Waals surface area contributed by atoms with Gasteiger partial charge in [0.15, 0.2) is 0 Å². The van der Waals surface area contributed by atoms with Crippen LogP contribution >= 0.6 is 0 Å². The van der Waals surface area contributed by atoms with Gasteiger partial charge in [-0.2, -0.15) is 0 Å². The summed E-state index contributed by atoms with van der Waals surface area (Å²) in [4.78, 5) is 11.9. The molecule has 0 bridgehead atoms. The average molecular weight is 379 g/mol. The van der Waals surface area contributed by atoms with E-state index in [1.165, 1.54) is 5.56 Å². The standard InChI is InChI=1S/C22H25N3O3/c1-17-8-10-19(11-9-17)22-25-24-21(28-22)13-12-20(26)23-14-5-15-27-16-18-6-3-2-4-7-18/h2-4,6-11H,5,12-16H2,1H3,(H,23,26). The van der Waals surface area contributed by atoms with Crippen molar-refractivity contribution < 1.29 is 13.9 Å². The predicted molar refractivity (Wildman–Crippen MR) is 107 cm³/mol. The molecule has 0 aliphatic rings. The summed E-state index contributed by atoms with van der Waals surface area (Å²) in [6.45, 7) is 3.82. The number of nitrogens with one attached hydrogen (secondary N) is 1. The fourth-order valence-electron chi connectivity index (χ4n) is 2.64. The van der Waals surface area contributed by atoms with Gasteiger partial charge < -0.3 is 14.5 Å². The molecular formula is C22H25N3O3. The summed E-state index contributed by atoms with van der Waals surface area (Å²) in [5.74, 6) is 0.918. The van der Waals surface area contributed by atoms with Crippen molar-refractivity contribution in [1.29, 1.82) is 0 Å². The molecule has 3 rings (SSSR count). The number of aromatic nitrogens is 2. The molecule has 0 unspecified atom stereocenters. The highest BCUT2D eigenvalue weighted by atomic mass is 16.5. The Hall–Kier alpha value is -2.99.